The zero-order valence-corrected chi connectivity index (χ0v) is 17.8. The highest BCUT2D eigenvalue weighted by atomic mass is 16.2. The average Bonchev–Trinajstić information content (AvgIpc) is 3.24. The molecule has 2 aromatic rings. The Kier molecular flexibility index (Phi) is 5.16. The first-order chi connectivity index (χ1) is 12.6. The van der Waals surface area contributed by atoms with Gasteiger partial charge in [-0.05, 0) is 45.8 Å². The Morgan fingerprint density at radius 2 is 1.81 bits per heavy atom. The average molecular weight is 373 g/mol. The van der Waals surface area contributed by atoms with E-state index < -0.39 is 0 Å². The van der Waals surface area contributed by atoms with Gasteiger partial charge in [-0.3, -0.25) is 14.2 Å². The molecular formula is C20H32N6O. The molecule has 27 heavy (non-hydrogen) atoms. The van der Waals surface area contributed by atoms with Gasteiger partial charge in [0.25, 0.3) is 5.91 Å². The van der Waals surface area contributed by atoms with Crippen LogP contribution in [0.5, 0.6) is 0 Å². The molecule has 1 fully saturated rings. The van der Waals surface area contributed by atoms with Crippen LogP contribution in [0.3, 0.4) is 0 Å². The van der Waals surface area contributed by atoms with Crippen LogP contribution < -0.4 is 0 Å². The lowest BCUT2D eigenvalue weighted by atomic mass is 9.91. The summed E-state index contributed by atoms with van der Waals surface area (Å²) in [5.41, 5.74) is 4.45. The normalized spacial score (nSPS) is 20.3. The standard InChI is InChI=1S/C20H32N6O/c1-12(2)15-10-26(11-18(15)23(5)6)20(27)17-9-16(22-25(17)8)19-13(3)21-24(7)14(19)4/h9,12,15,18H,10-11H2,1-8H3. The molecular weight excluding hydrogens is 340 g/mol. The maximum absolute atomic E-state index is 13.2. The zero-order valence-electron chi connectivity index (χ0n) is 17.8. The molecule has 0 aromatic carbocycles. The predicted molar refractivity (Wildman–Crippen MR) is 107 cm³/mol. The Balaban J connectivity index is 1.89. The molecule has 7 nitrogen and oxygen atoms in total. The van der Waals surface area contributed by atoms with Gasteiger partial charge in [0.05, 0.1) is 11.4 Å². The van der Waals surface area contributed by atoms with Crippen LogP contribution in [0.15, 0.2) is 6.07 Å². The second kappa shape index (κ2) is 7.11. The van der Waals surface area contributed by atoms with Crippen molar-refractivity contribution in [3.8, 4) is 11.3 Å². The van der Waals surface area contributed by atoms with Crippen molar-refractivity contribution in [2.45, 2.75) is 33.7 Å². The molecule has 1 aliphatic rings. The largest absolute Gasteiger partial charge is 0.335 e. The minimum atomic E-state index is 0.0606. The summed E-state index contributed by atoms with van der Waals surface area (Å²) in [4.78, 5) is 17.5. The number of carbonyl (C=O) groups is 1. The number of carbonyl (C=O) groups excluding carboxylic acids is 1. The number of rotatable bonds is 4. The van der Waals surface area contributed by atoms with Crippen molar-refractivity contribution < 1.29 is 4.79 Å². The van der Waals surface area contributed by atoms with Crippen molar-refractivity contribution >= 4 is 5.91 Å². The fourth-order valence-electron chi connectivity index (χ4n) is 4.27. The molecule has 0 saturated carbocycles. The summed E-state index contributed by atoms with van der Waals surface area (Å²) in [5, 5.41) is 9.10. The molecule has 1 aliphatic heterocycles. The summed E-state index contributed by atoms with van der Waals surface area (Å²) in [6.45, 7) is 10.1. The van der Waals surface area contributed by atoms with Crippen LogP contribution in [0, 0.1) is 25.7 Å². The van der Waals surface area contributed by atoms with Crippen LogP contribution in [-0.4, -0.2) is 68.5 Å². The molecule has 0 radical (unpaired) electrons. The molecule has 148 valence electrons. The van der Waals surface area contributed by atoms with Gasteiger partial charge >= 0.3 is 0 Å². The SMILES string of the molecule is Cc1nn(C)c(C)c1-c1cc(C(=O)N2CC(C(C)C)C(N(C)C)C2)n(C)n1. The molecule has 2 aromatic heterocycles. The molecule has 1 amide bonds. The quantitative estimate of drug-likeness (QED) is 0.825. The summed E-state index contributed by atoms with van der Waals surface area (Å²) >= 11 is 0. The Hall–Kier alpha value is -2.15. The number of amides is 1. The molecule has 0 bridgehead atoms. The molecule has 2 unspecified atom stereocenters. The Morgan fingerprint density at radius 1 is 1.15 bits per heavy atom. The summed E-state index contributed by atoms with van der Waals surface area (Å²) in [6.07, 6.45) is 0. The Labute approximate surface area is 161 Å². The third-order valence-electron chi connectivity index (χ3n) is 6.00. The summed E-state index contributed by atoms with van der Waals surface area (Å²) in [6, 6.07) is 2.30. The van der Waals surface area contributed by atoms with Gasteiger partial charge in [0, 0.05) is 44.5 Å². The summed E-state index contributed by atoms with van der Waals surface area (Å²) in [5.74, 6) is 1.09. The molecule has 0 aliphatic carbocycles. The van der Waals surface area contributed by atoms with Gasteiger partial charge in [0.15, 0.2) is 0 Å². The van der Waals surface area contributed by atoms with Crippen molar-refractivity contribution in [3.63, 3.8) is 0 Å². The van der Waals surface area contributed by atoms with Gasteiger partial charge in [-0.25, -0.2) is 0 Å². The second-order valence-electron chi connectivity index (χ2n) is 8.36. The van der Waals surface area contributed by atoms with Crippen molar-refractivity contribution in [3.05, 3.63) is 23.1 Å². The van der Waals surface area contributed by atoms with E-state index in [0.29, 0.717) is 23.6 Å². The second-order valence-corrected chi connectivity index (χ2v) is 8.36. The third kappa shape index (κ3) is 3.40. The molecule has 2 atom stereocenters. The predicted octanol–water partition coefficient (Wildman–Crippen LogP) is 2.10. The van der Waals surface area contributed by atoms with Gasteiger partial charge in [-0.1, -0.05) is 13.8 Å². The monoisotopic (exact) mass is 372 g/mol. The maximum atomic E-state index is 13.2. The van der Waals surface area contributed by atoms with Crippen LogP contribution in [-0.2, 0) is 14.1 Å². The van der Waals surface area contributed by atoms with E-state index in [-0.39, 0.29) is 5.91 Å². The van der Waals surface area contributed by atoms with Gasteiger partial charge in [0.2, 0.25) is 0 Å². The first-order valence-corrected chi connectivity index (χ1v) is 9.62. The molecule has 0 N–H and O–H groups in total. The first kappa shape index (κ1) is 19.6. The van der Waals surface area contributed by atoms with Crippen molar-refractivity contribution in [1.29, 1.82) is 0 Å². The summed E-state index contributed by atoms with van der Waals surface area (Å²) in [7, 11) is 7.98. The number of hydrogen-bond acceptors (Lipinski definition) is 4. The van der Waals surface area contributed by atoms with E-state index in [4.69, 9.17) is 0 Å². The van der Waals surface area contributed by atoms with Crippen LogP contribution in [0.2, 0.25) is 0 Å². The number of aryl methyl sites for hydroxylation is 3. The fourth-order valence-corrected chi connectivity index (χ4v) is 4.27. The van der Waals surface area contributed by atoms with E-state index in [0.717, 1.165) is 35.7 Å². The van der Waals surface area contributed by atoms with Gasteiger partial charge in [0.1, 0.15) is 5.69 Å². The molecule has 3 heterocycles. The number of nitrogens with zero attached hydrogens (tertiary/aromatic N) is 6. The third-order valence-corrected chi connectivity index (χ3v) is 6.00. The van der Waals surface area contributed by atoms with Crippen LogP contribution in [0.25, 0.3) is 11.3 Å². The molecule has 0 spiro atoms. The van der Waals surface area contributed by atoms with Gasteiger partial charge in [-0.2, -0.15) is 10.2 Å². The molecule has 3 rings (SSSR count). The van der Waals surface area contributed by atoms with E-state index in [1.165, 1.54) is 0 Å². The van der Waals surface area contributed by atoms with Crippen LogP contribution in [0.1, 0.15) is 35.7 Å². The minimum Gasteiger partial charge on any atom is -0.335 e. The smallest absolute Gasteiger partial charge is 0.272 e. The lowest BCUT2D eigenvalue weighted by Crippen LogP contribution is -2.37. The molecule has 1 saturated heterocycles. The van der Waals surface area contributed by atoms with E-state index in [2.05, 4.69) is 43.0 Å². The zero-order chi connectivity index (χ0) is 20.0. The molecule has 7 heteroatoms. The van der Waals surface area contributed by atoms with Crippen LogP contribution >= 0.6 is 0 Å². The Morgan fingerprint density at radius 3 is 2.30 bits per heavy atom. The van der Waals surface area contributed by atoms with Crippen molar-refractivity contribution in [2.24, 2.45) is 25.9 Å². The lowest BCUT2D eigenvalue weighted by molar-refractivity contribution is 0.0769. The topological polar surface area (TPSA) is 59.2 Å². The van der Waals surface area contributed by atoms with Crippen molar-refractivity contribution in [2.75, 3.05) is 27.2 Å². The van der Waals surface area contributed by atoms with Crippen molar-refractivity contribution in [1.82, 2.24) is 29.4 Å². The summed E-state index contributed by atoms with van der Waals surface area (Å²) < 4.78 is 3.56. The number of likely N-dealkylation sites (tertiary alicyclic amines) is 1. The highest BCUT2D eigenvalue weighted by Gasteiger charge is 2.39. The van der Waals surface area contributed by atoms with E-state index in [9.17, 15) is 4.79 Å². The Bertz CT molecular complexity index is 831. The number of likely N-dealkylation sites (N-methyl/N-ethyl adjacent to an activating group) is 1. The minimum absolute atomic E-state index is 0.0606. The number of hydrogen-bond donors (Lipinski definition) is 0. The van der Waals surface area contributed by atoms with Crippen LogP contribution in [0.4, 0.5) is 0 Å². The highest BCUT2D eigenvalue weighted by Crippen LogP contribution is 2.30. The maximum Gasteiger partial charge on any atom is 0.272 e. The number of aromatic nitrogens is 4. The van der Waals surface area contributed by atoms with Gasteiger partial charge < -0.3 is 9.80 Å². The highest BCUT2D eigenvalue weighted by molar-refractivity contribution is 5.94. The van der Waals surface area contributed by atoms with E-state index in [1.807, 2.05) is 43.6 Å². The van der Waals surface area contributed by atoms with E-state index in [1.54, 1.807) is 4.68 Å². The van der Waals surface area contributed by atoms with Gasteiger partial charge in [-0.15, -0.1) is 0 Å². The fraction of sp³-hybridized carbons (Fsp3) is 0.650. The lowest BCUT2D eigenvalue weighted by Gasteiger charge is -2.27. The van der Waals surface area contributed by atoms with E-state index >= 15 is 0 Å². The first-order valence-electron chi connectivity index (χ1n) is 9.62.